The molecule has 12 nitrogen and oxygen atoms in total. The number of esters is 1. The van der Waals surface area contributed by atoms with Gasteiger partial charge in [-0.1, -0.05) is 53.5 Å². The molecule has 2 unspecified atom stereocenters. The van der Waals surface area contributed by atoms with Crippen molar-refractivity contribution in [3.63, 3.8) is 0 Å². The van der Waals surface area contributed by atoms with Gasteiger partial charge in [-0.15, -0.1) is 0 Å². The molecule has 1 aromatic carbocycles. The van der Waals surface area contributed by atoms with Crippen molar-refractivity contribution in [2.24, 2.45) is 11.8 Å². The van der Waals surface area contributed by atoms with E-state index in [9.17, 15) is 19.2 Å². The fourth-order valence-corrected chi connectivity index (χ4v) is 3.18. The van der Waals surface area contributed by atoms with Crippen molar-refractivity contribution >= 4 is 24.4 Å². The lowest BCUT2D eigenvalue weighted by molar-refractivity contribution is -0.143. The second-order valence-electron chi connectivity index (χ2n) is 10.5. The van der Waals surface area contributed by atoms with E-state index in [2.05, 4.69) is 5.32 Å². The zero-order valence-corrected chi connectivity index (χ0v) is 26.1. The summed E-state index contributed by atoms with van der Waals surface area (Å²) in [6, 6.07) is 3.66. The number of nitrogens with one attached hydrogen (secondary N) is 1. The highest BCUT2D eigenvalue weighted by Crippen LogP contribution is 2.30. The summed E-state index contributed by atoms with van der Waals surface area (Å²) in [7, 11) is 1.25. The zero-order chi connectivity index (χ0) is 31.7. The molecule has 3 atom stereocenters. The molecule has 0 aromatic heterocycles. The summed E-state index contributed by atoms with van der Waals surface area (Å²) in [6.45, 7) is 13.5. The van der Waals surface area contributed by atoms with Gasteiger partial charge in [0.1, 0.15) is 24.9 Å². The maximum atomic E-state index is 12.5. The first-order valence-corrected chi connectivity index (χ1v) is 14.4. The fraction of sp³-hybridized carbons (Fsp3) is 0.667. The molecule has 1 rings (SSSR count). The zero-order valence-electron chi connectivity index (χ0n) is 26.1. The summed E-state index contributed by atoms with van der Waals surface area (Å²) in [5, 5.41) is 2.98. The minimum absolute atomic E-state index is 0.0297. The molecule has 0 spiro atoms. The Morgan fingerprint density at radius 1 is 0.762 bits per heavy atom. The quantitative estimate of drug-likeness (QED) is 0.0999. The van der Waals surface area contributed by atoms with E-state index in [-0.39, 0.29) is 49.5 Å². The van der Waals surface area contributed by atoms with Gasteiger partial charge < -0.3 is 38.5 Å². The third kappa shape index (κ3) is 14.4. The van der Waals surface area contributed by atoms with Crippen molar-refractivity contribution in [2.75, 3.05) is 26.9 Å². The Hall–Kier alpha value is -3.54. The Balaban J connectivity index is 2.98. The van der Waals surface area contributed by atoms with Gasteiger partial charge in [-0.05, 0) is 56.2 Å². The summed E-state index contributed by atoms with van der Waals surface area (Å²) < 4.78 is 36.2. The number of methoxy groups -OCH3 is 1. The van der Waals surface area contributed by atoms with Crippen LogP contribution in [0.3, 0.4) is 0 Å². The molecule has 1 aromatic rings. The molecule has 0 bridgehead atoms. The van der Waals surface area contributed by atoms with Crippen LogP contribution < -0.4 is 14.8 Å². The lowest BCUT2D eigenvalue weighted by atomic mass is 10.1. The molecule has 0 heterocycles. The molecule has 12 heteroatoms. The van der Waals surface area contributed by atoms with Crippen LogP contribution in [-0.4, -0.2) is 69.6 Å². The van der Waals surface area contributed by atoms with Crippen LogP contribution in [0.4, 0.5) is 14.4 Å². The largest absolute Gasteiger partial charge is 0.514 e. The summed E-state index contributed by atoms with van der Waals surface area (Å²) in [6.07, 6.45) is -0.726. The number of hydrogen-bond donors (Lipinski definition) is 1. The van der Waals surface area contributed by atoms with Crippen molar-refractivity contribution < 1.29 is 52.3 Å². The second kappa shape index (κ2) is 19.6. The Labute approximate surface area is 248 Å². The Bertz CT molecular complexity index is 995. The van der Waals surface area contributed by atoms with Gasteiger partial charge in [0.05, 0.1) is 13.7 Å². The van der Waals surface area contributed by atoms with E-state index in [0.717, 1.165) is 19.3 Å². The summed E-state index contributed by atoms with van der Waals surface area (Å²) >= 11 is 0. The van der Waals surface area contributed by atoms with Crippen LogP contribution in [0.25, 0.3) is 0 Å². The summed E-state index contributed by atoms with van der Waals surface area (Å²) in [5.41, 5.74) is 0.546. The highest BCUT2D eigenvalue weighted by Gasteiger charge is 2.24. The van der Waals surface area contributed by atoms with Crippen molar-refractivity contribution in [1.29, 1.82) is 0 Å². The predicted molar refractivity (Wildman–Crippen MR) is 154 cm³/mol. The Morgan fingerprint density at radius 3 is 1.88 bits per heavy atom. The highest BCUT2D eigenvalue weighted by atomic mass is 16.8. The minimum atomic E-state index is -0.983. The number of hydrogen-bond acceptors (Lipinski definition) is 12. The number of rotatable bonds is 17. The normalized spacial score (nSPS) is 13.1. The third-order valence-electron chi connectivity index (χ3n) is 6.44. The first-order chi connectivity index (χ1) is 19.9. The minimum Gasteiger partial charge on any atom is -0.468 e. The van der Waals surface area contributed by atoms with E-state index >= 15 is 0 Å². The Kier molecular flexibility index (Phi) is 17.0. The average molecular weight is 598 g/mol. The van der Waals surface area contributed by atoms with Gasteiger partial charge in [0.25, 0.3) is 0 Å². The first kappa shape index (κ1) is 36.5. The molecule has 0 saturated carbocycles. The van der Waals surface area contributed by atoms with Gasteiger partial charge in [0.15, 0.2) is 11.5 Å². The van der Waals surface area contributed by atoms with Crippen molar-refractivity contribution in [2.45, 2.75) is 92.4 Å². The van der Waals surface area contributed by atoms with Crippen molar-refractivity contribution in [3.8, 4) is 11.5 Å². The summed E-state index contributed by atoms with van der Waals surface area (Å²) in [5.74, 6) is -0.613. The third-order valence-corrected chi connectivity index (χ3v) is 6.44. The van der Waals surface area contributed by atoms with Crippen LogP contribution >= 0.6 is 0 Å². The number of ether oxygens (including phenoxy) is 7. The smallest absolute Gasteiger partial charge is 0.468 e. The van der Waals surface area contributed by atoms with Crippen LogP contribution in [0.2, 0.25) is 0 Å². The van der Waals surface area contributed by atoms with Crippen molar-refractivity contribution in [3.05, 3.63) is 23.8 Å². The van der Waals surface area contributed by atoms with Crippen LogP contribution in [0.1, 0.15) is 73.3 Å². The lowest BCUT2D eigenvalue weighted by Crippen LogP contribution is -2.41. The summed E-state index contributed by atoms with van der Waals surface area (Å²) in [4.78, 5) is 49.0. The second-order valence-corrected chi connectivity index (χ2v) is 10.5. The molecular formula is C30H47NO11. The maximum absolute atomic E-state index is 12.5. The molecule has 0 saturated heterocycles. The van der Waals surface area contributed by atoms with Gasteiger partial charge in [0.2, 0.25) is 0 Å². The molecule has 0 radical (unpaired) electrons. The van der Waals surface area contributed by atoms with E-state index in [1.165, 1.54) is 19.2 Å². The Morgan fingerprint density at radius 2 is 1.33 bits per heavy atom. The number of carbonyl (C=O) groups is 4. The maximum Gasteiger partial charge on any atom is 0.514 e. The van der Waals surface area contributed by atoms with E-state index in [0.29, 0.717) is 5.56 Å². The van der Waals surface area contributed by atoms with Crippen LogP contribution in [0.5, 0.6) is 11.5 Å². The van der Waals surface area contributed by atoms with E-state index in [4.69, 9.17) is 33.2 Å². The molecule has 0 aliphatic heterocycles. The number of unbranched alkanes of at least 4 members (excludes halogenated alkanes) is 2. The molecule has 0 amide bonds. The standard InChI is InChI=1S/C30H47NO11/c1-9-10-11-15-37-28(33)38-16-14-31-24(27(32)36-8)17-23-12-13-25(41-29(34)39-21(6)19(2)3)26(18-23)42-30(35)40-22(7)20(4)5/h12-13,18-22,24,31H,9-11,14-17H2,1-8H3/t21?,22?,24-/m0/s1. The van der Waals surface area contributed by atoms with E-state index in [1.54, 1.807) is 19.9 Å². The lowest BCUT2D eigenvalue weighted by Gasteiger charge is -2.19. The van der Waals surface area contributed by atoms with Gasteiger partial charge in [0, 0.05) is 6.54 Å². The van der Waals surface area contributed by atoms with Crippen LogP contribution in [-0.2, 0) is 34.9 Å². The van der Waals surface area contributed by atoms with Gasteiger partial charge in [-0.25, -0.2) is 14.4 Å². The highest BCUT2D eigenvalue weighted by molar-refractivity contribution is 5.76. The van der Waals surface area contributed by atoms with Gasteiger partial charge in [-0.3, -0.25) is 4.79 Å². The molecule has 238 valence electrons. The molecule has 0 aliphatic rings. The monoisotopic (exact) mass is 597 g/mol. The average Bonchev–Trinajstić information content (AvgIpc) is 2.93. The number of benzene rings is 1. The van der Waals surface area contributed by atoms with E-state index in [1.807, 2.05) is 34.6 Å². The number of carbonyl (C=O) groups excluding carboxylic acids is 4. The van der Waals surface area contributed by atoms with Gasteiger partial charge in [-0.2, -0.15) is 0 Å². The fourth-order valence-electron chi connectivity index (χ4n) is 3.18. The molecule has 42 heavy (non-hydrogen) atoms. The SMILES string of the molecule is CCCCCOC(=O)OCCN[C@@H](Cc1ccc(OC(=O)OC(C)C(C)C)c(OC(=O)OC(C)C(C)C)c1)C(=O)OC. The molecule has 1 N–H and O–H groups in total. The topological polar surface area (TPSA) is 145 Å². The molecule has 0 fully saturated rings. The van der Waals surface area contributed by atoms with Crippen LogP contribution in [0.15, 0.2) is 18.2 Å². The predicted octanol–water partition coefficient (Wildman–Crippen LogP) is 5.82. The molecular weight excluding hydrogens is 550 g/mol. The first-order valence-electron chi connectivity index (χ1n) is 14.4. The van der Waals surface area contributed by atoms with E-state index < -0.39 is 42.7 Å². The molecule has 0 aliphatic carbocycles. The van der Waals surface area contributed by atoms with Gasteiger partial charge >= 0.3 is 24.4 Å². The van der Waals surface area contributed by atoms with Crippen LogP contribution in [0, 0.1) is 11.8 Å². The van der Waals surface area contributed by atoms with Crippen molar-refractivity contribution in [1.82, 2.24) is 5.32 Å².